The van der Waals surface area contributed by atoms with Gasteiger partial charge in [-0.3, -0.25) is 4.79 Å². The zero-order valence-electron chi connectivity index (χ0n) is 18.0. The van der Waals surface area contributed by atoms with Crippen LogP contribution in [-0.4, -0.2) is 31.8 Å². The first kappa shape index (κ1) is 20.6. The molecule has 1 aliphatic carbocycles. The number of hydrogen-bond acceptors (Lipinski definition) is 3. The van der Waals surface area contributed by atoms with Gasteiger partial charge < -0.3 is 14.8 Å². The highest BCUT2D eigenvalue weighted by Crippen LogP contribution is 2.45. The Bertz CT molecular complexity index is 1000. The van der Waals surface area contributed by atoms with Crippen molar-refractivity contribution in [2.24, 2.45) is 0 Å². The Morgan fingerprint density at radius 1 is 1.03 bits per heavy atom. The molecule has 1 fully saturated rings. The zero-order valence-corrected chi connectivity index (χ0v) is 18.0. The fraction of sp³-hybridized carbons (Fsp3) is 0.400. The number of amides is 1. The lowest BCUT2D eigenvalue weighted by molar-refractivity contribution is -0.116. The van der Waals surface area contributed by atoms with Gasteiger partial charge in [0.05, 0.1) is 24.3 Å². The van der Waals surface area contributed by atoms with Gasteiger partial charge in [-0.1, -0.05) is 24.3 Å². The van der Waals surface area contributed by atoms with Gasteiger partial charge in [-0.25, -0.2) is 4.39 Å². The zero-order chi connectivity index (χ0) is 21.5. The van der Waals surface area contributed by atoms with E-state index < -0.39 is 5.54 Å². The summed E-state index contributed by atoms with van der Waals surface area (Å²) < 4.78 is 24.8. The maximum absolute atomic E-state index is 13.4. The van der Waals surface area contributed by atoms with Crippen LogP contribution < -0.4 is 5.32 Å². The van der Waals surface area contributed by atoms with Gasteiger partial charge >= 0.3 is 0 Å². The molecule has 0 aromatic heterocycles. The average molecular weight is 410 g/mol. The third kappa shape index (κ3) is 3.31. The van der Waals surface area contributed by atoms with Crippen LogP contribution in [0, 0.1) is 19.7 Å². The standard InChI is InChI=1S/C25H28FNO3/c1-15-5-10-20(17-6-8-18(26)9-7-17)16(2)21(15)22-23(30-4)25(27-24(22)28)13-11-19(29-3)12-14-25/h5-10,19H,11-14H2,1-4H3,(H,27,28). The summed E-state index contributed by atoms with van der Waals surface area (Å²) in [7, 11) is 3.39. The van der Waals surface area contributed by atoms with E-state index in [1.54, 1.807) is 26.4 Å². The van der Waals surface area contributed by atoms with Crippen molar-refractivity contribution >= 4 is 11.5 Å². The van der Waals surface area contributed by atoms with Crippen molar-refractivity contribution in [3.63, 3.8) is 0 Å². The SMILES string of the molecule is COC1=C(c2c(C)ccc(-c3ccc(F)cc3)c2C)C(=O)NC12CCC(OC)CC2. The minimum Gasteiger partial charge on any atom is -0.498 e. The largest absolute Gasteiger partial charge is 0.498 e. The van der Waals surface area contributed by atoms with Crippen molar-refractivity contribution in [3.8, 4) is 11.1 Å². The van der Waals surface area contributed by atoms with Crippen molar-refractivity contribution in [3.05, 3.63) is 64.7 Å². The molecule has 1 heterocycles. The summed E-state index contributed by atoms with van der Waals surface area (Å²) in [5.41, 5.74) is 4.95. The molecule has 1 saturated carbocycles. The third-order valence-electron chi connectivity index (χ3n) is 6.64. The summed E-state index contributed by atoms with van der Waals surface area (Å²) in [6.45, 7) is 4.03. The minimum atomic E-state index is -0.471. The second-order valence-corrected chi connectivity index (χ2v) is 8.32. The van der Waals surface area contributed by atoms with Crippen LogP contribution >= 0.6 is 0 Å². The van der Waals surface area contributed by atoms with E-state index in [4.69, 9.17) is 9.47 Å². The van der Waals surface area contributed by atoms with E-state index >= 15 is 0 Å². The first-order valence-electron chi connectivity index (χ1n) is 10.4. The summed E-state index contributed by atoms with van der Waals surface area (Å²) in [6.07, 6.45) is 3.56. The Morgan fingerprint density at radius 3 is 2.30 bits per heavy atom. The Labute approximate surface area is 177 Å². The third-order valence-corrected chi connectivity index (χ3v) is 6.64. The Hall–Kier alpha value is -2.66. The molecule has 0 saturated heterocycles. The first-order chi connectivity index (χ1) is 14.4. The van der Waals surface area contributed by atoms with Crippen molar-refractivity contribution in [1.82, 2.24) is 5.32 Å². The van der Waals surface area contributed by atoms with Gasteiger partial charge in [0.1, 0.15) is 11.6 Å². The first-order valence-corrected chi connectivity index (χ1v) is 10.4. The number of methoxy groups -OCH3 is 2. The summed E-state index contributed by atoms with van der Waals surface area (Å²) >= 11 is 0. The predicted octanol–water partition coefficient (Wildman–Crippen LogP) is 4.92. The summed E-state index contributed by atoms with van der Waals surface area (Å²) in [4.78, 5) is 13.2. The molecule has 0 radical (unpaired) electrons. The van der Waals surface area contributed by atoms with Crippen LogP contribution in [0.15, 0.2) is 42.2 Å². The van der Waals surface area contributed by atoms with E-state index in [9.17, 15) is 9.18 Å². The summed E-state index contributed by atoms with van der Waals surface area (Å²) in [5, 5.41) is 3.24. The van der Waals surface area contributed by atoms with Gasteiger partial charge in [-0.15, -0.1) is 0 Å². The van der Waals surface area contributed by atoms with Gasteiger partial charge in [0.2, 0.25) is 0 Å². The van der Waals surface area contributed by atoms with Crippen LogP contribution in [0.3, 0.4) is 0 Å². The van der Waals surface area contributed by atoms with Crippen LogP contribution in [0.5, 0.6) is 0 Å². The molecule has 30 heavy (non-hydrogen) atoms. The number of carbonyl (C=O) groups excluding carboxylic acids is 1. The van der Waals surface area contributed by atoms with Gasteiger partial charge in [-0.2, -0.15) is 0 Å². The van der Waals surface area contributed by atoms with Crippen molar-refractivity contribution in [1.29, 1.82) is 0 Å². The molecule has 1 amide bonds. The Morgan fingerprint density at radius 2 is 1.70 bits per heavy atom. The summed E-state index contributed by atoms with van der Waals surface area (Å²) in [6, 6.07) is 10.5. The molecule has 1 N–H and O–H groups in total. The van der Waals surface area contributed by atoms with Crippen LogP contribution in [0.4, 0.5) is 4.39 Å². The Kier molecular flexibility index (Phi) is 5.41. The molecule has 1 spiro atoms. The quantitative estimate of drug-likeness (QED) is 0.779. The van der Waals surface area contributed by atoms with Gasteiger partial charge in [0.25, 0.3) is 5.91 Å². The highest BCUT2D eigenvalue weighted by Gasteiger charge is 2.49. The normalized spacial score (nSPS) is 23.8. The maximum atomic E-state index is 13.4. The van der Waals surface area contributed by atoms with E-state index in [0.717, 1.165) is 59.3 Å². The highest BCUT2D eigenvalue weighted by atomic mass is 19.1. The molecule has 2 aliphatic rings. The molecular weight excluding hydrogens is 381 g/mol. The Balaban J connectivity index is 1.84. The lowest BCUT2D eigenvalue weighted by Crippen LogP contribution is -2.48. The second kappa shape index (κ2) is 7.88. The number of rotatable bonds is 4. The number of nitrogens with one attached hydrogen (secondary N) is 1. The molecule has 5 heteroatoms. The molecule has 0 atom stereocenters. The smallest absolute Gasteiger partial charge is 0.256 e. The van der Waals surface area contributed by atoms with E-state index in [-0.39, 0.29) is 17.8 Å². The topological polar surface area (TPSA) is 47.6 Å². The van der Waals surface area contributed by atoms with Gasteiger partial charge in [0, 0.05) is 7.11 Å². The number of aryl methyl sites for hydroxylation is 1. The van der Waals surface area contributed by atoms with Crippen LogP contribution in [0.25, 0.3) is 16.7 Å². The lowest BCUT2D eigenvalue weighted by Gasteiger charge is -2.37. The van der Waals surface area contributed by atoms with E-state index in [1.807, 2.05) is 26.0 Å². The number of halogens is 1. The lowest BCUT2D eigenvalue weighted by atomic mass is 9.78. The minimum absolute atomic E-state index is 0.0924. The molecule has 1 aliphatic heterocycles. The van der Waals surface area contributed by atoms with Crippen LogP contribution in [0.1, 0.15) is 42.4 Å². The van der Waals surface area contributed by atoms with E-state index in [2.05, 4.69) is 5.32 Å². The van der Waals surface area contributed by atoms with Crippen molar-refractivity contribution < 1.29 is 18.7 Å². The molecular formula is C25H28FNO3. The number of benzene rings is 2. The second-order valence-electron chi connectivity index (χ2n) is 8.32. The molecule has 4 nitrogen and oxygen atoms in total. The fourth-order valence-corrected chi connectivity index (χ4v) is 5.05. The average Bonchev–Trinajstić information content (AvgIpc) is 3.00. The van der Waals surface area contributed by atoms with Gasteiger partial charge in [-0.05, 0) is 79.5 Å². The summed E-state index contributed by atoms with van der Waals surface area (Å²) in [5.74, 6) is 0.367. The van der Waals surface area contributed by atoms with Crippen LogP contribution in [0.2, 0.25) is 0 Å². The molecule has 2 aromatic carbocycles. The number of hydrogen-bond donors (Lipinski definition) is 1. The highest BCUT2D eigenvalue weighted by molar-refractivity contribution is 6.24. The van der Waals surface area contributed by atoms with E-state index in [1.165, 1.54) is 12.1 Å². The number of ether oxygens (including phenoxy) is 2. The molecule has 4 rings (SSSR count). The van der Waals surface area contributed by atoms with Crippen LogP contribution in [-0.2, 0) is 14.3 Å². The fourth-order valence-electron chi connectivity index (χ4n) is 5.05. The molecule has 158 valence electrons. The van der Waals surface area contributed by atoms with Crippen molar-refractivity contribution in [2.75, 3.05) is 14.2 Å². The van der Waals surface area contributed by atoms with Crippen molar-refractivity contribution in [2.45, 2.75) is 51.2 Å². The monoisotopic (exact) mass is 409 g/mol. The van der Waals surface area contributed by atoms with E-state index in [0.29, 0.717) is 5.57 Å². The maximum Gasteiger partial charge on any atom is 0.256 e. The molecule has 0 unspecified atom stereocenters. The molecule has 0 bridgehead atoms. The van der Waals surface area contributed by atoms with Gasteiger partial charge in [0.15, 0.2) is 0 Å². The predicted molar refractivity (Wildman–Crippen MR) is 115 cm³/mol. The number of carbonyl (C=O) groups is 1. The molecule has 2 aromatic rings.